The van der Waals surface area contributed by atoms with Crippen LogP contribution in [0.1, 0.15) is 17.5 Å². The monoisotopic (exact) mass is 410 g/mol. The average molecular weight is 411 g/mol. The second-order valence-electron chi connectivity index (χ2n) is 6.07. The van der Waals surface area contributed by atoms with Crippen molar-refractivity contribution in [1.82, 2.24) is 10.0 Å². The molecule has 27 heavy (non-hydrogen) atoms. The summed E-state index contributed by atoms with van der Waals surface area (Å²) in [6.45, 7) is 4.28. The summed E-state index contributed by atoms with van der Waals surface area (Å²) in [6.07, 6.45) is 0.0430. The van der Waals surface area contributed by atoms with E-state index in [0.29, 0.717) is 29.5 Å². The molecule has 0 saturated heterocycles. The van der Waals surface area contributed by atoms with Crippen molar-refractivity contribution in [2.75, 3.05) is 19.7 Å². The second-order valence-corrected chi connectivity index (χ2v) is 8.24. The van der Waals surface area contributed by atoms with Gasteiger partial charge in [0, 0.05) is 18.0 Å². The van der Waals surface area contributed by atoms with E-state index in [0.717, 1.165) is 5.56 Å². The Hall–Kier alpha value is -2.09. The maximum Gasteiger partial charge on any atom is 0.240 e. The lowest BCUT2D eigenvalue weighted by molar-refractivity contribution is -0.121. The Morgan fingerprint density at radius 2 is 1.89 bits per heavy atom. The topological polar surface area (TPSA) is 84.5 Å². The van der Waals surface area contributed by atoms with Gasteiger partial charge in [0.1, 0.15) is 12.4 Å². The van der Waals surface area contributed by atoms with Gasteiger partial charge in [-0.1, -0.05) is 35.4 Å². The van der Waals surface area contributed by atoms with E-state index >= 15 is 0 Å². The van der Waals surface area contributed by atoms with Gasteiger partial charge in [0.25, 0.3) is 0 Å². The molecule has 146 valence electrons. The molecule has 2 N–H and O–H groups in total. The van der Waals surface area contributed by atoms with E-state index in [2.05, 4.69) is 10.0 Å². The standard InChI is InChI=1S/C19H23ClN2O4S/c1-14-6-7-18(15(2)12-14)27(24,25)22-9-8-19(23)21-10-11-26-17-5-3-4-16(20)13-17/h3-7,12-13,22H,8-11H2,1-2H3,(H,21,23). The Morgan fingerprint density at radius 3 is 2.59 bits per heavy atom. The number of amides is 1. The SMILES string of the molecule is Cc1ccc(S(=O)(=O)NCCC(=O)NCCOc2cccc(Cl)c2)c(C)c1. The van der Waals surface area contributed by atoms with Crippen molar-refractivity contribution in [3.8, 4) is 5.75 Å². The molecule has 0 aromatic heterocycles. The summed E-state index contributed by atoms with van der Waals surface area (Å²) in [6, 6.07) is 12.1. The Balaban J connectivity index is 1.71. The maximum atomic E-state index is 12.3. The highest BCUT2D eigenvalue weighted by atomic mass is 35.5. The van der Waals surface area contributed by atoms with Gasteiger partial charge in [-0.05, 0) is 43.7 Å². The number of hydrogen-bond acceptors (Lipinski definition) is 4. The van der Waals surface area contributed by atoms with E-state index in [-0.39, 0.29) is 23.8 Å². The summed E-state index contributed by atoms with van der Waals surface area (Å²) in [4.78, 5) is 12.0. The molecule has 8 heteroatoms. The molecule has 0 unspecified atom stereocenters. The lowest BCUT2D eigenvalue weighted by Gasteiger charge is -2.10. The molecule has 0 radical (unpaired) electrons. The number of ether oxygens (including phenoxy) is 1. The first-order chi connectivity index (χ1) is 12.8. The maximum absolute atomic E-state index is 12.3. The zero-order valence-electron chi connectivity index (χ0n) is 15.3. The predicted octanol–water partition coefficient (Wildman–Crippen LogP) is 2.82. The summed E-state index contributed by atoms with van der Waals surface area (Å²) < 4.78 is 32.6. The number of sulfonamides is 1. The minimum absolute atomic E-state index is 0.0244. The molecule has 0 atom stereocenters. The Bertz CT molecular complexity index is 900. The molecular weight excluding hydrogens is 388 g/mol. The Morgan fingerprint density at radius 1 is 1.11 bits per heavy atom. The lowest BCUT2D eigenvalue weighted by atomic mass is 10.2. The number of carbonyl (C=O) groups is 1. The van der Waals surface area contributed by atoms with Crippen LogP contribution >= 0.6 is 11.6 Å². The van der Waals surface area contributed by atoms with Crippen LogP contribution in [0.3, 0.4) is 0 Å². The first-order valence-corrected chi connectivity index (χ1v) is 10.4. The molecule has 0 aliphatic heterocycles. The van der Waals surface area contributed by atoms with E-state index in [1.165, 1.54) is 0 Å². The number of hydrogen-bond donors (Lipinski definition) is 2. The largest absolute Gasteiger partial charge is 0.492 e. The minimum atomic E-state index is -3.64. The Labute approximate surface area is 164 Å². The fourth-order valence-electron chi connectivity index (χ4n) is 2.48. The number of halogens is 1. The third-order valence-corrected chi connectivity index (χ3v) is 5.61. The molecule has 0 saturated carbocycles. The van der Waals surface area contributed by atoms with Crippen LogP contribution < -0.4 is 14.8 Å². The normalized spacial score (nSPS) is 11.2. The van der Waals surface area contributed by atoms with Gasteiger partial charge in [-0.2, -0.15) is 0 Å². The van der Waals surface area contributed by atoms with Crippen LogP contribution in [0.25, 0.3) is 0 Å². The fourth-order valence-corrected chi connectivity index (χ4v) is 3.92. The van der Waals surface area contributed by atoms with Crippen LogP contribution in [-0.4, -0.2) is 34.0 Å². The Kier molecular flexibility index (Phi) is 7.65. The predicted molar refractivity (Wildman–Crippen MR) is 106 cm³/mol. The number of benzene rings is 2. The van der Waals surface area contributed by atoms with Crippen molar-refractivity contribution in [3.05, 3.63) is 58.6 Å². The van der Waals surface area contributed by atoms with Crippen molar-refractivity contribution in [1.29, 1.82) is 0 Å². The van der Waals surface area contributed by atoms with Gasteiger partial charge in [0.05, 0.1) is 11.4 Å². The van der Waals surface area contributed by atoms with Gasteiger partial charge < -0.3 is 10.1 Å². The highest BCUT2D eigenvalue weighted by Crippen LogP contribution is 2.17. The minimum Gasteiger partial charge on any atom is -0.492 e. The van der Waals surface area contributed by atoms with Crippen molar-refractivity contribution >= 4 is 27.5 Å². The number of carbonyl (C=O) groups excluding carboxylic acids is 1. The summed E-state index contributed by atoms with van der Waals surface area (Å²) in [7, 11) is -3.64. The van der Waals surface area contributed by atoms with Crippen LogP contribution in [0.15, 0.2) is 47.4 Å². The molecule has 0 heterocycles. The molecule has 2 aromatic rings. The van der Waals surface area contributed by atoms with Crippen LogP contribution in [-0.2, 0) is 14.8 Å². The molecule has 2 rings (SSSR count). The summed E-state index contributed by atoms with van der Waals surface area (Å²) in [5.41, 5.74) is 1.66. The van der Waals surface area contributed by atoms with Crippen LogP contribution in [0, 0.1) is 13.8 Å². The van der Waals surface area contributed by atoms with Gasteiger partial charge in [-0.15, -0.1) is 0 Å². The van der Waals surface area contributed by atoms with Crippen molar-refractivity contribution in [2.45, 2.75) is 25.2 Å². The molecule has 1 amide bonds. The van der Waals surface area contributed by atoms with Gasteiger partial charge in [-0.3, -0.25) is 4.79 Å². The molecule has 2 aromatic carbocycles. The highest BCUT2D eigenvalue weighted by Gasteiger charge is 2.16. The lowest BCUT2D eigenvalue weighted by Crippen LogP contribution is -2.33. The first-order valence-electron chi connectivity index (χ1n) is 8.50. The fraction of sp³-hybridized carbons (Fsp3) is 0.316. The second kappa shape index (κ2) is 9.73. The van der Waals surface area contributed by atoms with Gasteiger partial charge in [0.15, 0.2) is 0 Å². The molecule has 0 bridgehead atoms. The molecule has 0 spiro atoms. The van der Waals surface area contributed by atoms with Crippen molar-refractivity contribution in [2.24, 2.45) is 0 Å². The average Bonchev–Trinajstić information content (AvgIpc) is 2.58. The highest BCUT2D eigenvalue weighted by molar-refractivity contribution is 7.89. The van der Waals surface area contributed by atoms with Gasteiger partial charge >= 0.3 is 0 Å². The van der Waals surface area contributed by atoms with E-state index in [1.807, 2.05) is 6.92 Å². The van der Waals surface area contributed by atoms with Gasteiger partial charge in [0.2, 0.25) is 15.9 Å². The van der Waals surface area contributed by atoms with E-state index < -0.39 is 10.0 Å². The van der Waals surface area contributed by atoms with Crippen molar-refractivity contribution in [3.63, 3.8) is 0 Å². The van der Waals surface area contributed by atoms with Crippen LogP contribution in [0.2, 0.25) is 5.02 Å². The van der Waals surface area contributed by atoms with E-state index in [9.17, 15) is 13.2 Å². The zero-order valence-corrected chi connectivity index (χ0v) is 16.9. The van der Waals surface area contributed by atoms with E-state index in [1.54, 1.807) is 49.4 Å². The zero-order chi connectivity index (χ0) is 19.9. The third kappa shape index (κ3) is 6.86. The number of nitrogens with one attached hydrogen (secondary N) is 2. The molecular formula is C19H23ClN2O4S. The molecule has 0 aliphatic carbocycles. The smallest absolute Gasteiger partial charge is 0.240 e. The van der Waals surface area contributed by atoms with Gasteiger partial charge in [-0.25, -0.2) is 13.1 Å². The van der Waals surface area contributed by atoms with Crippen LogP contribution in [0.4, 0.5) is 0 Å². The van der Waals surface area contributed by atoms with Crippen molar-refractivity contribution < 1.29 is 17.9 Å². The molecule has 6 nitrogen and oxygen atoms in total. The quantitative estimate of drug-likeness (QED) is 0.622. The van der Waals surface area contributed by atoms with E-state index in [4.69, 9.17) is 16.3 Å². The summed E-state index contributed by atoms with van der Waals surface area (Å²) in [5.74, 6) is 0.367. The molecule has 0 aliphatic rings. The number of rotatable bonds is 9. The summed E-state index contributed by atoms with van der Waals surface area (Å²) in [5, 5.41) is 3.26. The summed E-state index contributed by atoms with van der Waals surface area (Å²) >= 11 is 5.86. The third-order valence-electron chi connectivity index (χ3n) is 3.75. The van der Waals surface area contributed by atoms with Crippen LogP contribution in [0.5, 0.6) is 5.75 Å². The first kappa shape index (κ1) is 21.2. The number of aryl methyl sites for hydroxylation is 2. The molecule has 0 fully saturated rings.